The van der Waals surface area contributed by atoms with Gasteiger partial charge in [-0.15, -0.1) is 0 Å². The van der Waals surface area contributed by atoms with Crippen molar-refractivity contribution in [1.82, 2.24) is 42.8 Å². The molecule has 4 rings (SSSR count). The van der Waals surface area contributed by atoms with E-state index < -0.39 is 54.8 Å². The first-order chi connectivity index (χ1) is 29.8. The largest absolute Gasteiger partial charge is 0.481 e. The molecule has 0 radical (unpaired) electrons. The summed E-state index contributed by atoms with van der Waals surface area (Å²) in [7, 11) is 0. The van der Waals surface area contributed by atoms with Crippen molar-refractivity contribution >= 4 is 59.6 Å². The summed E-state index contributed by atoms with van der Waals surface area (Å²) in [4.78, 5) is 89.9. The van der Waals surface area contributed by atoms with Crippen LogP contribution in [0.15, 0.2) is 94.9 Å². The van der Waals surface area contributed by atoms with Crippen molar-refractivity contribution in [2.45, 2.75) is 38.0 Å². The maximum Gasteiger partial charge on any atom is 0.408 e. The predicted molar refractivity (Wildman–Crippen MR) is 224 cm³/mol. The van der Waals surface area contributed by atoms with E-state index >= 15 is 0 Å². The minimum Gasteiger partial charge on any atom is -0.481 e. The number of hydrogen-bond donors (Lipinski definition) is 12. The Balaban J connectivity index is 0.000000336. The third kappa shape index (κ3) is 20.0. The van der Waals surface area contributed by atoms with Crippen molar-refractivity contribution in [3.05, 3.63) is 102 Å². The zero-order valence-corrected chi connectivity index (χ0v) is 33.4. The summed E-state index contributed by atoms with van der Waals surface area (Å²) in [6, 6.07) is 20.6. The number of carboxylic acids is 2. The van der Waals surface area contributed by atoms with Crippen LogP contribution in [0.5, 0.6) is 0 Å². The van der Waals surface area contributed by atoms with Gasteiger partial charge in [-0.05, 0) is 35.7 Å². The number of nitrogens with one attached hydrogen (secondary N) is 8. The highest BCUT2D eigenvalue weighted by atomic mass is 16.6. The zero-order valence-electron chi connectivity index (χ0n) is 33.4. The van der Waals surface area contributed by atoms with E-state index in [0.717, 1.165) is 24.6 Å². The summed E-state index contributed by atoms with van der Waals surface area (Å²) >= 11 is 0. The van der Waals surface area contributed by atoms with Crippen molar-refractivity contribution in [1.29, 1.82) is 0 Å². The third-order valence-corrected chi connectivity index (χ3v) is 7.99. The van der Waals surface area contributed by atoms with E-state index in [0.29, 0.717) is 30.6 Å². The van der Waals surface area contributed by atoms with E-state index in [1.165, 1.54) is 12.1 Å². The highest BCUT2D eigenvalue weighted by Crippen LogP contribution is 2.16. The Morgan fingerprint density at radius 1 is 0.806 bits per heavy atom. The van der Waals surface area contributed by atoms with E-state index in [1.54, 1.807) is 66.7 Å². The van der Waals surface area contributed by atoms with Gasteiger partial charge in [0.1, 0.15) is 13.2 Å². The number of ether oxygens (including phenoxy) is 2. The second-order valence-corrected chi connectivity index (χ2v) is 12.9. The lowest BCUT2D eigenvalue weighted by Gasteiger charge is -2.18. The van der Waals surface area contributed by atoms with Gasteiger partial charge in [0.05, 0.1) is 24.7 Å². The van der Waals surface area contributed by atoms with Crippen molar-refractivity contribution < 1.29 is 53.2 Å². The molecule has 0 aliphatic carbocycles. The summed E-state index contributed by atoms with van der Waals surface area (Å²) in [5, 5.41) is 34.1. The Kier molecular flexibility index (Phi) is 20.9. The number of nitrogens with two attached hydrogens (primary N) is 2. The number of guanidine groups is 2. The average molecular weight is 863 g/mol. The van der Waals surface area contributed by atoms with E-state index in [1.807, 2.05) is 6.07 Å². The van der Waals surface area contributed by atoms with Gasteiger partial charge in [0.25, 0.3) is 5.91 Å². The van der Waals surface area contributed by atoms with Crippen LogP contribution < -0.4 is 54.2 Å². The Bertz CT molecular complexity index is 2020. The Labute approximate surface area is 355 Å². The normalized spacial score (nSPS) is 12.1. The first-order valence-electron chi connectivity index (χ1n) is 19.0. The monoisotopic (exact) mass is 862 g/mol. The molecule has 23 nitrogen and oxygen atoms in total. The van der Waals surface area contributed by atoms with Gasteiger partial charge >= 0.3 is 30.2 Å². The van der Waals surface area contributed by atoms with Gasteiger partial charge in [-0.2, -0.15) is 0 Å². The molecule has 1 aliphatic heterocycles. The number of rotatable bonds is 19. The molecule has 0 bridgehead atoms. The average Bonchev–Trinajstić information content (AvgIpc) is 3.78. The summed E-state index contributed by atoms with van der Waals surface area (Å²) < 4.78 is 9.78. The van der Waals surface area contributed by atoms with Crippen LogP contribution in [0.4, 0.5) is 20.1 Å². The van der Waals surface area contributed by atoms with E-state index in [-0.39, 0.29) is 43.5 Å². The lowest BCUT2D eigenvalue weighted by atomic mass is 10.0. The minimum absolute atomic E-state index is 0.0326. The molecule has 0 saturated carbocycles. The summed E-state index contributed by atoms with van der Waals surface area (Å²) in [6.07, 6.45) is -1.21. The van der Waals surface area contributed by atoms with Gasteiger partial charge in [-0.1, -0.05) is 66.7 Å². The number of aliphatic carboxylic acids is 2. The van der Waals surface area contributed by atoms with Gasteiger partial charge in [0.2, 0.25) is 5.91 Å². The maximum atomic E-state index is 12.2. The molecule has 3 aromatic carbocycles. The van der Waals surface area contributed by atoms with Crippen LogP contribution >= 0.6 is 0 Å². The molecule has 0 fully saturated rings. The second kappa shape index (κ2) is 26.8. The molecule has 1 aliphatic rings. The standard InChI is InChI=1S/C21H30N6O7.C18H20N6O4/c28-17(7-4-8-23-19-24-10-11-25-19)22-9-12-26-20(31)34-14-16(18(29)30)27-21(32)33-13-15-5-2-1-3-6-15;19-17(20)21-13-8-4-7-12(9-13)16(27)23-24-18(28)22-14(10-15(25)26)11-5-2-1-3-6-11/h1-3,5-6,16H,4,7-14H2,(H,22,28)(H,26,31)(H,27,32)(H,29,30)(H2,23,24,25);1-9,14H,10H2,(H,23,27)(H,25,26)(H4,19,20,21)(H2,22,24,28)/t16-;/m0./s1. The number of nitrogens with zero attached hydrogens (tertiary/aromatic N) is 2. The number of benzene rings is 3. The summed E-state index contributed by atoms with van der Waals surface area (Å²) in [5.41, 5.74) is 17.0. The molecular weight excluding hydrogens is 813 g/mol. The van der Waals surface area contributed by atoms with Crippen LogP contribution in [-0.4, -0.2) is 109 Å². The quantitative estimate of drug-likeness (QED) is 0.0334. The van der Waals surface area contributed by atoms with E-state index in [2.05, 4.69) is 52.7 Å². The van der Waals surface area contributed by atoms with Crippen LogP contribution in [-0.2, 0) is 30.5 Å². The van der Waals surface area contributed by atoms with Crippen molar-refractivity contribution in [3.8, 4) is 0 Å². The number of carbonyl (C=O) groups excluding carboxylic acids is 5. The molecule has 14 N–H and O–H groups in total. The number of amides is 6. The molecule has 62 heavy (non-hydrogen) atoms. The number of hydrazine groups is 1. The molecule has 3 aromatic rings. The first kappa shape index (κ1) is 48.3. The van der Waals surface area contributed by atoms with E-state index in [9.17, 15) is 38.7 Å². The summed E-state index contributed by atoms with van der Waals surface area (Å²) in [6.45, 7) is 1.81. The molecule has 0 spiro atoms. The third-order valence-electron chi connectivity index (χ3n) is 7.99. The number of alkyl carbamates (subject to hydrolysis) is 2. The fourth-order valence-corrected chi connectivity index (χ4v) is 5.08. The maximum absolute atomic E-state index is 12.2. The lowest BCUT2D eigenvalue weighted by Crippen LogP contribution is -2.48. The number of urea groups is 1. The van der Waals surface area contributed by atoms with Gasteiger partial charge in [-0.25, -0.2) is 29.6 Å². The fourth-order valence-electron chi connectivity index (χ4n) is 5.08. The minimum atomic E-state index is -1.48. The number of carboxylic acid groups (broad SMARTS) is 2. The van der Waals surface area contributed by atoms with Crippen LogP contribution in [0, 0.1) is 0 Å². The molecule has 6 amide bonds. The molecule has 1 heterocycles. The molecule has 0 saturated heterocycles. The fraction of sp³-hybridized carbons (Fsp3) is 0.308. The molecule has 23 heteroatoms. The smallest absolute Gasteiger partial charge is 0.408 e. The molecule has 2 atom stereocenters. The summed E-state index contributed by atoms with van der Waals surface area (Å²) in [5.74, 6) is -2.63. The topological polar surface area (TPSA) is 351 Å². The van der Waals surface area contributed by atoms with Gasteiger partial charge < -0.3 is 63.1 Å². The Hall–Kier alpha value is -8.11. The number of aliphatic imine (C=N–C) groups is 2. The van der Waals surface area contributed by atoms with Crippen molar-refractivity contribution in [2.75, 3.05) is 39.3 Å². The Morgan fingerprint density at radius 3 is 2.18 bits per heavy atom. The molecule has 332 valence electrons. The van der Waals surface area contributed by atoms with E-state index in [4.69, 9.17) is 26.0 Å². The number of hydrogen-bond acceptors (Lipinski definition) is 13. The first-order valence-corrected chi connectivity index (χ1v) is 19.0. The molecular formula is C39H50N12O11. The number of carbonyl (C=O) groups is 7. The van der Waals surface area contributed by atoms with Gasteiger partial charge in [0, 0.05) is 38.2 Å². The Morgan fingerprint density at radius 2 is 1.52 bits per heavy atom. The zero-order chi connectivity index (χ0) is 45.1. The second-order valence-electron chi connectivity index (χ2n) is 12.9. The van der Waals surface area contributed by atoms with Crippen molar-refractivity contribution in [2.24, 2.45) is 21.5 Å². The van der Waals surface area contributed by atoms with Gasteiger partial charge in [-0.3, -0.25) is 24.8 Å². The SMILES string of the molecule is NC(N)=Nc1cccc(C(=O)NNC(=O)NC(CC(=O)O)c2ccccc2)c1.O=C(CCCNC1=NCCN1)NCCNC(=O)OC[C@H](NC(=O)OCc1ccccc1)C(=O)O. The predicted octanol–water partition coefficient (Wildman–Crippen LogP) is 0.289. The van der Waals surface area contributed by atoms with Crippen molar-refractivity contribution in [3.63, 3.8) is 0 Å². The highest BCUT2D eigenvalue weighted by Gasteiger charge is 2.23. The van der Waals surface area contributed by atoms with Crippen LogP contribution in [0.1, 0.15) is 46.8 Å². The van der Waals surface area contributed by atoms with Crippen LogP contribution in [0.3, 0.4) is 0 Å². The molecule has 0 aromatic heterocycles. The lowest BCUT2D eigenvalue weighted by molar-refractivity contribution is -0.140. The van der Waals surface area contributed by atoms with Crippen LogP contribution in [0.25, 0.3) is 0 Å². The van der Waals surface area contributed by atoms with Crippen LogP contribution in [0.2, 0.25) is 0 Å². The highest BCUT2D eigenvalue weighted by molar-refractivity contribution is 5.96. The molecule has 1 unspecified atom stereocenters. The van der Waals surface area contributed by atoms with Gasteiger partial charge in [0.15, 0.2) is 18.0 Å².